The third-order valence-corrected chi connectivity index (χ3v) is 11.3. The Morgan fingerprint density at radius 3 is 2.18 bits per heavy atom. The lowest BCUT2D eigenvalue weighted by Gasteiger charge is -2.30. The molecule has 3 N–H and O–H groups in total. The lowest BCUT2D eigenvalue weighted by molar-refractivity contribution is -0.141. The topological polar surface area (TPSA) is 163 Å². The fraction of sp³-hybridized carbons (Fsp3) is 0.694. The molecule has 6 atom stereocenters. The molecule has 0 spiro atoms. The zero-order chi connectivity index (χ0) is 36.4. The zero-order valence-corrected chi connectivity index (χ0v) is 31.0. The number of alkyl carbamates (subject to hydrolysis) is 1. The SMILES string of the molecule is CC(C)(C)OC(=O)N[C@H]1CCCCCCC[C@@H]2C[C@@]2(C(=O)N[S@@](=O)C(C)(C)C)NC(=O)[C@@H]2C[C@@H](OC(=O)N3Cc4ccccc4C3)CN2C1=O. The zero-order valence-electron chi connectivity index (χ0n) is 30.2. The van der Waals surface area contributed by atoms with Crippen LogP contribution >= 0.6 is 0 Å². The Balaban J connectivity index is 1.39. The van der Waals surface area contributed by atoms with Crippen LogP contribution in [-0.2, 0) is 47.9 Å². The van der Waals surface area contributed by atoms with Crippen molar-refractivity contribution in [1.82, 2.24) is 25.2 Å². The molecule has 14 heteroatoms. The maximum Gasteiger partial charge on any atom is 0.410 e. The minimum atomic E-state index is -1.70. The van der Waals surface area contributed by atoms with E-state index in [1.54, 1.807) is 46.4 Å². The number of benzene rings is 1. The Morgan fingerprint density at radius 2 is 1.56 bits per heavy atom. The second-order valence-electron chi connectivity index (χ2n) is 16.1. The van der Waals surface area contributed by atoms with Gasteiger partial charge in [-0.15, -0.1) is 0 Å². The smallest absolute Gasteiger partial charge is 0.410 e. The van der Waals surface area contributed by atoms with Crippen molar-refractivity contribution in [2.24, 2.45) is 5.92 Å². The molecule has 0 bridgehead atoms. The maximum absolute atomic E-state index is 14.3. The quantitative estimate of drug-likeness (QED) is 0.418. The Morgan fingerprint density at radius 1 is 0.940 bits per heavy atom. The Labute approximate surface area is 297 Å². The second kappa shape index (κ2) is 14.9. The van der Waals surface area contributed by atoms with E-state index in [0.29, 0.717) is 38.8 Å². The molecule has 1 saturated carbocycles. The van der Waals surface area contributed by atoms with Crippen molar-refractivity contribution in [3.8, 4) is 0 Å². The van der Waals surface area contributed by atoms with Crippen molar-refractivity contribution in [2.75, 3.05) is 6.54 Å². The number of nitrogens with zero attached hydrogens (tertiary/aromatic N) is 2. The molecular weight excluding hydrogens is 662 g/mol. The number of fused-ring (bicyclic) bond motifs is 3. The molecule has 2 saturated heterocycles. The molecule has 5 rings (SSSR count). The van der Waals surface area contributed by atoms with Gasteiger partial charge in [0.25, 0.3) is 5.91 Å². The minimum Gasteiger partial charge on any atom is -0.444 e. The highest BCUT2D eigenvalue weighted by atomic mass is 32.2. The van der Waals surface area contributed by atoms with E-state index in [2.05, 4.69) is 15.4 Å². The number of amides is 5. The van der Waals surface area contributed by atoms with Gasteiger partial charge in [-0.05, 0) is 77.8 Å². The summed E-state index contributed by atoms with van der Waals surface area (Å²) in [5.41, 5.74) is 0.00862. The molecule has 276 valence electrons. The summed E-state index contributed by atoms with van der Waals surface area (Å²) in [5, 5.41) is 5.71. The van der Waals surface area contributed by atoms with Gasteiger partial charge in [-0.2, -0.15) is 0 Å². The standard InChI is InChI=1S/C36H53N5O8S/c1-34(2,3)49-32(45)37-27-17-11-9-7-8-10-16-25-19-36(25,31(44)39-50(47)35(4,5)6)38-29(42)28-18-26(22-41(28)30(27)43)48-33(46)40-20-23-14-12-13-15-24(23)21-40/h12-15,25-28H,7-11,16-22H2,1-6H3,(H,37,45)(H,38,42)(H,39,44)/t25-,26-,27+,28+,36-,50+/m1/s1. The van der Waals surface area contributed by atoms with E-state index < -0.39 is 75.0 Å². The van der Waals surface area contributed by atoms with E-state index in [-0.39, 0.29) is 18.9 Å². The average molecular weight is 716 g/mol. The van der Waals surface area contributed by atoms with Crippen molar-refractivity contribution in [1.29, 1.82) is 0 Å². The predicted molar refractivity (Wildman–Crippen MR) is 187 cm³/mol. The van der Waals surface area contributed by atoms with Gasteiger partial charge < -0.3 is 25.0 Å². The number of nitrogens with one attached hydrogen (secondary N) is 3. The summed E-state index contributed by atoms with van der Waals surface area (Å²) in [6.45, 7) is 11.2. The molecule has 13 nitrogen and oxygen atoms in total. The van der Waals surface area contributed by atoms with Crippen LogP contribution in [0, 0.1) is 5.92 Å². The third kappa shape index (κ3) is 8.96. The highest BCUT2D eigenvalue weighted by Gasteiger charge is 2.62. The summed E-state index contributed by atoms with van der Waals surface area (Å²) in [6.07, 6.45) is 3.54. The first-order chi connectivity index (χ1) is 23.5. The lowest BCUT2D eigenvalue weighted by Crippen LogP contribution is -2.58. The molecule has 4 aliphatic rings. The second-order valence-corrected chi connectivity index (χ2v) is 18.1. The Kier molecular flexibility index (Phi) is 11.2. The summed E-state index contributed by atoms with van der Waals surface area (Å²) in [6, 6.07) is 5.70. The van der Waals surface area contributed by atoms with E-state index in [1.807, 2.05) is 24.3 Å². The van der Waals surface area contributed by atoms with Crippen LogP contribution in [0.2, 0.25) is 0 Å². The van der Waals surface area contributed by atoms with Crippen LogP contribution < -0.4 is 15.4 Å². The van der Waals surface area contributed by atoms with Gasteiger partial charge in [0.2, 0.25) is 11.8 Å². The molecule has 0 unspecified atom stereocenters. The lowest BCUT2D eigenvalue weighted by atomic mass is 10.0. The van der Waals surface area contributed by atoms with E-state index >= 15 is 0 Å². The van der Waals surface area contributed by atoms with Crippen LogP contribution in [0.5, 0.6) is 0 Å². The van der Waals surface area contributed by atoms with Gasteiger partial charge in [-0.25, -0.2) is 13.8 Å². The number of carbonyl (C=O) groups excluding carboxylic acids is 5. The summed E-state index contributed by atoms with van der Waals surface area (Å²) < 4.78 is 26.3. The largest absolute Gasteiger partial charge is 0.444 e. The molecule has 50 heavy (non-hydrogen) atoms. The van der Waals surface area contributed by atoms with Gasteiger partial charge in [-0.3, -0.25) is 24.0 Å². The van der Waals surface area contributed by atoms with Gasteiger partial charge in [0.05, 0.1) is 11.3 Å². The van der Waals surface area contributed by atoms with Crippen molar-refractivity contribution >= 4 is 40.9 Å². The molecule has 3 heterocycles. The van der Waals surface area contributed by atoms with E-state index in [0.717, 1.165) is 36.8 Å². The van der Waals surface area contributed by atoms with Gasteiger partial charge in [0.1, 0.15) is 40.3 Å². The van der Waals surface area contributed by atoms with Gasteiger partial charge in [0, 0.05) is 19.5 Å². The molecule has 3 fully saturated rings. The summed E-state index contributed by atoms with van der Waals surface area (Å²) in [4.78, 5) is 71.5. The Bertz CT molecular complexity index is 1480. The highest BCUT2D eigenvalue weighted by molar-refractivity contribution is 7.85. The first-order valence-corrected chi connectivity index (χ1v) is 19.0. The first kappa shape index (κ1) is 37.6. The van der Waals surface area contributed by atoms with Crippen molar-refractivity contribution in [3.05, 3.63) is 35.4 Å². The van der Waals surface area contributed by atoms with Crippen molar-refractivity contribution in [3.63, 3.8) is 0 Å². The van der Waals surface area contributed by atoms with E-state index in [4.69, 9.17) is 9.47 Å². The van der Waals surface area contributed by atoms with Gasteiger partial charge >= 0.3 is 12.2 Å². The summed E-state index contributed by atoms with van der Waals surface area (Å²) >= 11 is 0. The molecule has 1 aromatic carbocycles. The van der Waals surface area contributed by atoms with Crippen LogP contribution in [0.1, 0.15) is 110 Å². The number of hydrogen-bond acceptors (Lipinski definition) is 8. The molecule has 0 aromatic heterocycles. The number of rotatable bonds is 4. The van der Waals surface area contributed by atoms with Gasteiger partial charge in [-0.1, -0.05) is 56.4 Å². The van der Waals surface area contributed by atoms with Gasteiger partial charge in [0.15, 0.2) is 0 Å². The first-order valence-electron chi connectivity index (χ1n) is 17.8. The number of hydrogen-bond donors (Lipinski definition) is 3. The van der Waals surface area contributed by atoms with Crippen LogP contribution in [0.4, 0.5) is 9.59 Å². The molecule has 0 radical (unpaired) electrons. The van der Waals surface area contributed by atoms with Crippen LogP contribution in [0.25, 0.3) is 0 Å². The number of ether oxygens (including phenoxy) is 2. The van der Waals surface area contributed by atoms with Crippen LogP contribution in [0.3, 0.4) is 0 Å². The molecule has 1 aliphatic carbocycles. The minimum absolute atomic E-state index is 0.0134. The maximum atomic E-state index is 14.3. The monoisotopic (exact) mass is 715 g/mol. The number of carbonyl (C=O) groups is 5. The van der Waals surface area contributed by atoms with Crippen LogP contribution in [0.15, 0.2) is 24.3 Å². The normalized spacial score (nSPS) is 28.1. The van der Waals surface area contributed by atoms with Crippen LogP contribution in [-0.4, -0.2) is 84.5 Å². The van der Waals surface area contributed by atoms with Crippen molar-refractivity contribution in [2.45, 2.75) is 146 Å². The molecule has 1 aromatic rings. The Hall–Kier alpha value is -3.68. The predicted octanol–water partition coefficient (Wildman–Crippen LogP) is 4.20. The summed E-state index contributed by atoms with van der Waals surface area (Å²) in [5.74, 6) is -1.70. The highest BCUT2D eigenvalue weighted by Crippen LogP contribution is 2.48. The average Bonchev–Trinajstić information content (AvgIpc) is 3.33. The third-order valence-electron chi connectivity index (χ3n) is 9.85. The fourth-order valence-corrected chi connectivity index (χ4v) is 7.69. The fourth-order valence-electron chi connectivity index (χ4n) is 7.03. The summed E-state index contributed by atoms with van der Waals surface area (Å²) in [7, 11) is -1.70. The van der Waals surface area contributed by atoms with Crippen molar-refractivity contribution < 1.29 is 37.7 Å². The molecule has 5 amide bonds. The van der Waals surface area contributed by atoms with E-state index in [9.17, 15) is 28.2 Å². The molecule has 3 aliphatic heterocycles. The molecular formula is C36H53N5O8S. The van der Waals surface area contributed by atoms with E-state index in [1.165, 1.54) is 4.90 Å².